The van der Waals surface area contributed by atoms with E-state index in [-0.39, 0.29) is 37.0 Å². The van der Waals surface area contributed by atoms with E-state index in [1.807, 2.05) is 0 Å². The van der Waals surface area contributed by atoms with Gasteiger partial charge in [0.1, 0.15) is 6.04 Å². The summed E-state index contributed by atoms with van der Waals surface area (Å²) in [7, 11) is 0. The molecule has 0 spiro atoms. The SMILES string of the molecule is O=C1CCC(N2Cc3cc(-n4cc(C(=O)NCc5nc6ncccn6n5)nn4)ccc3C2=O)C(=O)N1. The van der Waals surface area contributed by atoms with Crippen LogP contribution in [0.2, 0.25) is 0 Å². The Morgan fingerprint density at radius 2 is 2.11 bits per heavy atom. The summed E-state index contributed by atoms with van der Waals surface area (Å²) in [6.07, 6.45) is 5.27. The number of hydrogen-bond acceptors (Lipinski definition) is 9. The van der Waals surface area contributed by atoms with Crippen molar-refractivity contribution in [1.82, 2.24) is 50.1 Å². The van der Waals surface area contributed by atoms with E-state index in [4.69, 9.17) is 0 Å². The van der Waals surface area contributed by atoms with Gasteiger partial charge in [0.05, 0.1) is 18.4 Å². The molecule has 2 N–H and O–H groups in total. The third-order valence-electron chi connectivity index (χ3n) is 6.07. The Balaban J connectivity index is 1.15. The molecule has 1 unspecified atom stereocenters. The van der Waals surface area contributed by atoms with E-state index in [2.05, 4.69) is 36.0 Å². The highest BCUT2D eigenvalue weighted by Gasteiger charge is 2.39. The molecule has 36 heavy (non-hydrogen) atoms. The summed E-state index contributed by atoms with van der Waals surface area (Å²) in [6, 6.07) is 6.15. The fraction of sp³-hybridized carbons (Fsp3) is 0.227. The molecule has 180 valence electrons. The molecule has 14 heteroatoms. The van der Waals surface area contributed by atoms with Crippen LogP contribution in [-0.2, 0) is 22.7 Å². The molecule has 0 saturated carbocycles. The molecule has 4 aromatic rings. The molecule has 2 aliphatic rings. The molecule has 3 aromatic heterocycles. The van der Waals surface area contributed by atoms with E-state index in [0.29, 0.717) is 29.3 Å². The quantitative estimate of drug-likeness (QED) is 0.350. The van der Waals surface area contributed by atoms with Crippen LogP contribution in [0, 0.1) is 0 Å². The highest BCUT2D eigenvalue weighted by atomic mass is 16.2. The molecule has 4 amide bonds. The number of imide groups is 1. The average Bonchev–Trinajstić information content (AvgIpc) is 3.60. The number of rotatable bonds is 5. The van der Waals surface area contributed by atoms with Gasteiger partial charge in [-0.15, -0.1) is 10.2 Å². The first-order valence-corrected chi connectivity index (χ1v) is 11.1. The standard InChI is InChI=1S/C22H18N10O4/c33-18-5-4-16(20(35)26-18)30-10-12-8-13(2-3-14(12)21(30)36)32-11-15(27-29-32)19(34)24-9-17-25-22-23-6-1-7-31(22)28-17/h1-3,6-8,11,16H,4-5,9-10H2,(H,24,34)(H,26,33,35). The predicted octanol–water partition coefficient (Wildman–Crippen LogP) is -0.604. The van der Waals surface area contributed by atoms with Gasteiger partial charge in [-0.25, -0.2) is 14.2 Å². The fourth-order valence-electron chi connectivity index (χ4n) is 4.30. The lowest BCUT2D eigenvalue weighted by molar-refractivity contribution is -0.136. The van der Waals surface area contributed by atoms with Crippen LogP contribution in [0.5, 0.6) is 0 Å². The van der Waals surface area contributed by atoms with E-state index in [9.17, 15) is 19.2 Å². The normalized spacial score (nSPS) is 17.4. The van der Waals surface area contributed by atoms with Crippen LogP contribution in [-0.4, -0.2) is 69.1 Å². The number of amides is 4. The van der Waals surface area contributed by atoms with Crippen molar-refractivity contribution in [1.29, 1.82) is 0 Å². The van der Waals surface area contributed by atoms with Gasteiger partial charge in [-0.1, -0.05) is 5.21 Å². The second-order valence-corrected chi connectivity index (χ2v) is 8.36. The van der Waals surface area contributed by atoms with E-state index >= 15 is 0 Å². The number of fused-ring (bicyclic) bond motifs is 2. The Labute approximate surface area is 202 Å². The largest absolute Gasteiger partial charge is 0.343 e. The molecular weight excluding hydrogens is 468 g/mol. The van der Waals surface area contributed by atoms with E-state index in [1.165, 1.54) is 20.3 Å². The zero-order valence-electron chi connectivity index (χ0n) is 18.7. The third kappa shape index (κ3) is 3.73. The summed E-state index contributed by atoms with van der Waals surface area (Å²) in [5.74, 6) is -0.679. The van der Waals surface area contributed by atoms with Gasteiger partial charge < -0.3 is 10.2 Å². The van der Waals surface area contributed by atoms with Crippen LogP contribution in [0.15, 0.2) is 42.9 Å². The summed E-state index contributed by atoms with van der Waals surface area (Å²) in [5, 5.41) is 17.2. The molecular formula is C22H18N10O4. The summed E-state index contributed by atoms with van der Waals surface area (Å²) in [5.41, 5.74) is 1.90. The van der Waals surface area contributed by atoms with Gasteiger partial charge >= 0.3 is 0 Å². The smallest absolute Gasteiger partial charge is 0.273 e. The Morgan fingerprint density at radius 3 is 2.94 bits per heavy atom. The molecule has 14 nitrogen and oxygen atoms in total. The molecule has 6 rings (SSSR count). The minimum absolute atomic E-state index is 0.0895. The Bertz CT molecular complexity index is 1520. The first-order chi connectivity index (χ1) is 17.5. The van der Waals surface area contributed by atoms with Crippen molar-refractivity contribution in [2.45, 2.75) is 32.0 Å². The van der Waals surface area contributed by atoms with Crippen molar-refractivity contribution >= 4 is 29.4 Å². The van der Waals surface area contributed by atoms with Gasteiger partial charge in [0.25, 0.3) is 17.6 Å². The molecule has 1 saturated heterocycles. The monoisotopic (exact) mass is 486 g/mol. The number of benzene rings is 1. The molecule has 0 bridgehead atoms. The van der Waals surface area contributed by atoms with E-state index in [0.717, 1.165) is 5.56 Å². The first kappa shape index (κ1) is 21.5. The average molecular weight is 486 g/mol. The number of piperidine rings is 1. The predicted molar refractivity (Wildman–Crippen MR) is 119 cm³/mol. The summed E-state index contributed by atoms with van der Waals surface area (Å²) in [6.45, 7) is 0.323. The zero-order valence-corrected chi connectivity index (χ0v) is 18.7. The molecule has 1 fully saturated rings. The lowest BCUT2D eigenvalue weighted by atomic mass is 10.0. The van der Waals surface area contributed by atoms with Gasteiger partial charge in [-0.2, -0.15) is 4.98 Å². The van der Waals surface area contributed by atoms with Gasteiger partial charge in [0.15, 0.2) is 11.5 Å². The van der Waals surface area contributed by atoms with E-state index < -0.39 is 17.9 Å². The molecule has 1 aromatic carbocycles. The van der Waals surface area contributed by atoms with Crippen molar-refractivity contribution in [2.24, 2.45) is 0 Å². The number of carbonyl (C=O) groups is 4. The van der Waals surface area contributed by atoms with Gasteiger partial charge in [-0.05, 0) is 36.2 Å². The van der Waals surface area contributed by atoms with Gasteiger partial charge in [0, 0.05) is 30.9 Å². The van der Waals surface area contributed by atoms with Gasteiger partial charge in [0.2, 0.25) is 11.8 Å². The minimum atomic E-state index is -0.689. The summed E-state index contributed by atoms with van der Waals surface area (Å²) < 4.78 is 2.94. The topological polar surface area (TPSA) is 169 Å². The number of nitrogens with zero attached hydrogens (tertiary/aromatic N) is 8. The van der Waals surface area contributed by atoms with Crippen molar-refractivity contribution in [3.8, 4) is 5.69 Å². The van der Waals surface area contributed by atoms with Crippen LogP contribution in [0.1, 0.15) is 45.1 Å². The molecule has 5 heterocycles. The van der Waals surface area contributed by atoms with Crippen molar-refractivity contribution in [3.05, 3.63) is 65.5 Å². The van der Waals surface area contributed by atoms with Crippen molar-refractivity contribution in [2.75, 3.05) is 0 Å². The number of carbonyl (C=O) groups excluding carboxylic acids is 4. The first-order valence-electron chi connectivity index (χ1n) is 11.1. The second kappa shape index (κ2) is 8.33. The van der Waals surface area contributed by atoms with Crippen molar-refractivity contribution in [3.63, 3.8) is 0 Å². The molecule has 1 atom stereocenters. The maximum absolute atomic E-state index is 12.9. The molecule has 2 aliphatic heterocycles. The summed E-state index contributed by atoms with van der Waals surface area (Å²) in [4.78, 5) is 58.9. The second-order valence-electron chi connectivity index (χ2n) is 8.36. The summed E-state index contributed by atoms with van der Waals surface area (Å²) >= 11 is 0. The maximum atomic E-state index is 12.9. The van der Waals surface area contributed by atoms with Crippen LogP contribution in [0.4, 0.5) is 0 Å². The van der Waals surface area contributed by atoms with Gasteiger partial charge in [-0.3, -0.25) is 24.5 Å². The highest BCUT2D eigenvalue weighted by Crippen LogP contribution is 2.29. The third-order valence-corrected chi connectivity index (χ3v) is 6.07. The fourth-order valence-corrected chi connectivity index (χ4v) is 4.30. The number of nitrogens with one attached hydrogen (secondary N) is 2. The lowest BCUT2D eigenvalue weighted by Gasteiger charge is -2.29. The zero-order chi connectivity index (χ0) is 24.8. The molecule has 0 radical (unpaired) electrons. The van der Waals surface area contributed by atoms with E-state index in [1.54, 1.807) is 36.7 Å². The van der Waals surface area contributed by atoms with Crippen LogP contribution in [0.3, 0.4) is 0 Å². The highest BCUT2D eigenvalue weighted by molar-refractivity contribution is 6.05. The van der Waals surface area contributed by atoms with Crippen LogP contribution in [0.25, 0.3) is 11.5 Å². The number of hydrogen-bond donors (Lipinski definition) is 2. The van der Waals surface area contributed by atoms with Crippen molar-refractivity contribution < 1.29 is 19.2 Å². The lowest BCUT2D eigenvalue weighted by Crippen LogP contribution is -2.52. The Morgan fingerprint density at radius 1 is 1.22 bits per heavy atom. The Hall–Kier alpha value is -5.01. The Kier molecular flexibility index (Phi) is 4.98. The van der Waals surface area contributed by atoms with Crippen LogP contribution >= 0.6 is 0 Å². The maximum Gasteiger partial charge on any atom is 0.273 e. The van der Waals surface area contributed by atoms with Crippen LogP contribution < -0.4 is 10.6 Å². The number of aromatic nitrogens is 7. The minimum Gasteiger partial charge on any atom is -0.343 e. The molecule has 0 aliphatic carbocycles.